The van der Waals surface area contributed by atoms with Crippen molar-refractivity contribution < 1.29 is 14.4 Å². The summed E-state index contributed by atoms with van der Waals surface area (Å²) in [6, 6.07) is 0. The molecule has 0 bridgehead atoms. The molecule has 3 rings (SSSR count). The van der Waals surface area contributed by atoms with Crippen LogP contribution in [0.15, 0.2) is 5.38 Å². The van der Waals surface area contributed by atoms with Crippen LogP contribution in [-0.4, -0.2) is 40.1 Å². The van der Waals surface area contributed by atoms with E-state index in [1.807, 2.05) is 0 Å². The zero-order valence-corrected chi connectivity index (χ0v) is 12.1. The van der Waals surface area contributed by atoms with E-state index < -0.39 is 5.54 Å². The van der Waals surface area contributed by atoms with Crippen molar-refractivity contribution >= 4 is 34.1 Å². The first kappa shape index (κ1) is 13.1. The van der Waals surface area contributed by atoms with Gasteiger partial charge in [-0.3, -0.25) is 19.3 Å². The molecule has 3 amide bonds. The standard InChI is InChI=1S/C13H15N3O3S/c1-13(4-3-9(17)15(2)12(13)19)16-5-7-8(11(16)18)6-20-10(7)14/h6H,3-5,14H2,1-2H3/t13-/m1/s1. The first-order valence-electron chi connectivity index (χ1n) is 6.35. The highest BCUT2D eigenvalue weighted by Crippen LogP contribution is 2.39. The number of carbonyl (C=O) groups excluding carboxylic acids is 3. The fourth-order valence-corrected chi connectivity index (χ4v) is 3.67. The second-order valence-corrected chi connectivity index (χ2v) is 6.33. The predicted molar refractivity (Wildman–Crippen MR) is 74.0 cm³/mol. The van der Waals surface area contributed by atoms with Crippen LogP contribution < -0.4 is 5.73 Å². The summed E-state index contributed by atoms with van der Waals surface area (Å²) < 4.78 is 0. The molecular weight excluding hydrogens is 278 g/mol. The van der Waals surface area contributed by atoms with E-state index in [4.69, 9.17) is 5.73 Å². The van der Waals surface area contributed by atoms with Crippen molar-refractivity contribution in [1.82, 2.24) is 9.80 Å². The summed E-state index contributed by atoms with van der Waals surface area (Å²) in [6.45, 7) is 2.06. The highest BCUT2D eigenvalue weighted by molar-refractivity contribution is 7.14. The highest BCUT2D eigenvalue weighted by atomic mass is 32.1. The lowest BCUT2D eigenvalue weighted by atomic mass is 9.88. The Labute approximate surface area is 120 Å². The number of nitrogen functional groups attached to an aromatic ring is 1. The predicted octanol–water partition coefficient (Wildman–Crippen LogP) is 0.824. The minimum atomic E-state index is -0.969. The largest absolute Gasteiger partial charge is 0.390 e. The number of likely N-dealkylation sites (tertiary alicyclic amines) is 1. The van der Waals surface area contributed by atoms with Gasteiger partial charge in [-0.1, -0.05) is 0 Å². The van der Waals surface area contributed by atoms with Crippen LogP contribution >= 0.6 is 11.3 Å². The van der Waals surface area contributed by atoms with E-state index >= 15 is 0 Å². The Bertz CT molecular complexity index is 639. The molecule has 2 aliphatic rings. The number of carbonyl (C=O) groups is 3. The third-order valence-corrected chi connectivity index (χ3v) is 5.13. The molecular formula is C13H15N3O3S. The Morgan fingerprint density at radius 2 is 2.05 bits per heavy atom. The molecule has 0 saturated carbocycles. The molecule has 0 radical (unpaired) electrons. The van der Waals surface area contributed by atoms with Gasteiger partial charge >= 0.3 is 0 Å². The number of piperidine rings is 1. The van der Waals surface area contributed by atoms with Gasteiger partial charge in [-0.25, -0.2) is 0 Å². The first-order valence-corrected chi connectivity index (χ1v) is 7.23. The molecule has 7 heteroatoms. The number of anilines is 1. The van der Waals surface area contributed by atoms with Crippen molar-refractivity contribution in [3.8, 4) is 0 Å². The second kappa shape index (κ2) is 4.05. The fraction of sp³-hybridized carbons (Fsp3) is 0.462. The van der Waals surface area contributed by atoms with Gasteiger partial charge in [0.05, 0.1) is 17.1 Å². The smallest absolute Gasteiger partial charge is 0.256 e. The van der Waals surface area contributed by atoms with Crippen LogP contribution in [-0.2, 0) is 16.1 Å². The van der Waals surface area contributed by atoms with Crippen LogP contribution in [0, 0.1) is 0 Å². The van der Waals surface area contributed by atoms with E-state index in [2.05, 4.69) is 0 Å². The highest BCUT2D eigenvalue weighted by Gasteiger charge is 2.51. The third-order valence-electron chi connectivity index (χ3n) is 4.28. The zero-order valence-electron chi connectivity index (χ0n) is 11.3. The maximum Gasteiger partial charge on any atom is 0.256 e. The van der Waals surface area contributed by atoms with Crippen LogP contribution in [0.1, 0.15) is 35.7 Å². The number of fused-ring (bicyclic) bond motifs is 1. The van der Waals surface area contributed by atoms with Gasteiger partial charge in [-0.05, 0) is 13.3 Å². The van der Waals surface area contributed by atoms with E-state index in [0.29, 0.717) is 23.5 Å². The third kappa shape index (κ3) is 1.53. The van der Waals surface area contributed by atoms with E-state index in [1.54, 1.807) is 17.2 Å². The Morgan fingerprint density at radius 3 is 2.70 bits per heavy atom. The molecule has 0 spiro atoms. The Hall–Kier alpha value is -1.89. The maximum absolute atomic E-state index is 12.5. The Balaban J connectivity index is 1.96. The number of rotatable bonds is 1. The molecule has 2 N–H and O–H groups in total. The van der Waals surface area contributed by atoms with Crippen LogP contribution in [0.2, 0.25) is 0 Å². The molecule has 1 aromatic heterocycles. The summed E-state index contributed by atoms with van der Waals surface area (Å²) in [5, 5.41) is 2.35. The van der Waals surface area contributed by atoms with Crippen molar-refractivity contribution in [3.05, 3.63) is 16.5 Å². The lowest BCUT2D eigenvalue weighted by molar-refractivity contribution is -0.155. The van der Waals surface area contributed by atoms with Crippen molar-refractivity contribution in [3.63, 3.8) is 0 Å². The number of hydrogen-bond acceptors (Lipinski definition) is 5. The van der Waals surface area contributed by atoms with Gasteiger partial charge in [0.2, 0.25) is 5.91 Å². The van der Waals surface area contributed by atoms with E-state index in [9.17, 15) is 14.4 Å². The molecule has 3 heterocycles. The first-order chi connectivity index (χ1) is 9.36. The minimum absolute atomic E-state index is 0.174. The number of nitrogens with two attached hydrogens (primary N) is 1. The monoisotopic (exact) mass is 293 g/mol. The molecule has 20 heavy (non-hydrogen) atoms. The molecule has 1 fully saturated rings. The van der Waals surface area contributed by atoms with Gasteiger partial charge < -0.3 is 10.6 Å². The van der Waals surface area contributed by atoms with Gasteiger partial charge in [-0.2, -0.15) is 0 Å². The number of nitrogens with zero attached hydrogens (tertiary/aromatic N) is 2. The Kier molecular flexibility index (Phi) is 2.66. The number of hydrogen-bond donors (Lipinski definition) is 1. The summed E-state index contributed by atoms with van der Waals surface area (Å²) >= 11 is 1.34. The minimum Gasteiger partial charge on any atom is -0.390 e. The molecule has 0 aromatic carbocycles. The van der Waals surface area contributed by atoms with Gasteiger partial charge in [0.1, 0.15) is 5.54 Å². The molecule has 0 aliphatic carbocycles. The van der Waals surface area contributed by atoms with Gasteiger partial charge in [0.25, 0.3) is 11.8 Å². The van der Waals surface area contributed by atoms with Crippen molar-refractivity contribution in [2.75, 3.05) is 12.8 Å². The van der Waals surface area contributed by atoms with Crippen molar-refractivity contribution in [2.45, 2.75) is 31.8 Å². The summed E-state index contributed by atoms with van der Waals surface area (Å²) in [5.74, 6) is -0.700. The molecule has 1 saturated heterocycles. The molecule has 106 valence electrons. The summed E-state index contributed by atoms with van der Waals surface area (Å²) in [5.41, 5.74) is 6.28. The molecule has 6 nitrogen and oxygen atoms in total. The summed E-state index contributed by atoms with van der Waals surface area (Å²) in [7, 11) is 1.46. The average molecular weight is 293 g/mol. The summed E-state index contributed by atoms with van der Waals surface area (Å²) in [6.07, 6.45) is 0.624. The van der Waals surface area contributed by atoms with Crippen molar-refractivity contribution in [2.24, 2.45) is 0 Å². The van der Waals surface area contributed by atoms with Crippen LogP contribution in [0.3, 0.4) is 0 Å². The van der Waals surface area contributed by atoms with Gasteiger partial charge in [0.15, 0.2) is 0 Å². The SMILES string of the molecule is CN1C(=O)CC[C@@](C)(N2Cc3c(csc3N)C2=O)C1=O. The van der Waals surface area contributed by atoms with E-state index in [1.165, 1.54) is 18.4 Å². The number of thiophene rings is 1. The lowest BCUT2D eigenvalue weighted by Gasteiger charge is -2.42. The van der Waals surface area contributed by atoms with Crippen LogP contribution in [0.4, 0.5) is 5.00 Å². The maximum atomic E-state index is 12.5. The topological polar surface area (TPSA) is 83.7 Å². The Morgan fingerprint density at radius 1 is 1.35 bits per heavy atom. The number of likely N-dealkylation sites (N-methyl/N-ethyl adjacent to an activating group) is 1. The van der Waals surface area contributed by atoms with Crippen molar-refractivity contribution in [1.29, 1.82) is 0 Å². The second-order valence-electron chi connectivity index (χ2n) is 5.42. The van der Waals surface area contributed by atoms with Crippen LogP contribution in [0.25, 0.3) is 0 Å². The summed E-state index contributed by atoms with van der Waals surface area (Å²) in [4.78, 5) is 39.2. The lowest BCUT2D eigenvalue weighted by Crippen LogP contribution is -2.61. The fourth-order valence-electron chi connectivity index (χ4n) is 2.86. The normalized spacial score (nSPS) is 26.4. The molecule has 0 unspecified atom stereocenters. The van der Waals surface area contributed by atoms with E-state index in [0.717, 1.165) is 10.5 Å². The van der Waals surface area contributed by atoms with Gasteiger partial charge in [0, 0.05) is 24.4 Å². The quantitative estimate of drug-likeness (QED) is 0.777. The molecule has 2 aliphatic heterocycles. The van der Waals surface area contributed by atoms with Crippen LogP contribution in [0.5, 0.6) is 0 Å². The van der Waals surface area contributed by atoms with E-state index in [-0.39, 0.29) is 24.1 Å². The van der Waals surface area contributed by atoms with Gasteiger partial charge in [-0.15, -0.1) is 11.3 Å². The molecule has 1 atom stereocenters. The average Bonchev–Trinajstić information content (AvgIpc) is 2.94. The number of amides is 3. The zero-order chi connectivity index (χ0) is 14.7. The number of imide groups is 1. The molecule has 1 aromatic rings.